The standard InChI is InChI=1S/C15H13NO/c17-15-8-10(12-3-1-2-4-14(12)15)7-11-9-16-6-5-13(11)15/h1-6,9-10,17H,7-8H2. The second kappa shape index (κ2) is 2.96. The van der Waals surface area contributed by atoms with Gasteiger partial charge in [-0.05, 0) is 47.1 Å². The van der Waals surface area contributed by atoms with E-state index in [1.807, 2.05) is 18.3 Å². The number of pyridine rings is 1. The van der Waals surface area contributed by atoms with Crippen molar-refractivity contribution in [3.8, 4) is 0 Å². The quantitative estimate of drug-likeness (QED) is 0.743. The van der Waals surface area contributed by atoms with Crippen molar-refractivity contribution in [1.82, 2.24) is 4.98 Å². The van der Waals surface area contributed by atoms with Gasteiger partial charge in [-0.25, -0.2) is 0 Å². The number of aromatic nitrogens is 1. The molecule has 1 aromatic heterocycles. The van der Waals surface area contributed by atoms with Crippen molar-refractivity contribution in [2.24, 2.45) is 0 Å². The van der Waals surface area contributed by atoms with E-state index < -0.39 is 5.60 Å². The van der Waals surface area contributed by atoms with E-state index in [0.717, 1.165) is 24.0 Å². The second-order valence-corrected chi connectivity index (χ2v) is 5.09. The first-order valence-corrected chi connectivity index (χ1v) is 6.04. The number of aliphatic hydroxyl groups is 1. The summed E-state index contributed by atoms with van der Waals surface area (Å²) in [7, 11) is 0. The summed E-state index contributed by atoms with van der Waals surface area (Å²) in [6.45, 7) is 0. The Morgan fingerprint density at radius 3 is 3.00 bits per heavy atom. The van der Waals surface area contributed by atoms with Crippen molar-refractivity contribution >= 4 is 0 Å². The summed E-state index contributed by atoms with van der Waals surface area (Å²) in [5.41, 5.74) is 3.87. The maximum absolute atomic E-state index is 11.0. The van der Waals surface area contributed by atoms with Gasteiger partial charge in [-0.3, -0.25) is 4.98 Å². The monoisotopic (exact) mass is 223 g/mol. The molecule has 1 heterocycles. The Hall–Kier alpha value is -1.67. The van der Waals surface area contributed by atoms with Gasteiger partial charge < -0.3 is 5.11 Å². The Balaban J connectivity index is 2.05. The van der Waals surface area contributed by atoms with Crippen molar-refractivity contribution in [2.45, 2.75) is 24.4 Å². The highest BCUT2D eigenvalue weighted by atomic mass is 16.3. The van der Waals surface area contributed by atoms with Gasteiger partial charge >= 0.3 is 0 Å². The molecular weight excluding hydrogens is 210 g/mol. The summed E-state index contributed by atoms with van der Waals surface area (Å²) in [5, 5.41) is 11.0. The van der Waals surface area contributed by atoms with Crippen LogP contribution in [0.4, 0.5) is 0 Å². The third-order valence-corrected chi connectivity index (χ3v) is 4.20. The largest absolute Gasteiger partial charge is 0.380 e. The SMILES string of the molecule is OC12CC(Cc3cnccc31)c1ccccc12. The Morgan fingerprint density at radius 2 is 2.06 bits per heavy atom. The predicted octanol–water partition coefficient (Wildman–Crippen LogP) is 2.36. The van der Waals surface area contributed by atoms with Gasteiger partial charge in [-0.15, -0.1) is 0 Å². The van der Waals surface area contributed by atoms with Crippen molar-refractivity contribution in [3.63, 3.8) is 0 Å². The highest BCUT2D eigenvalue weighted by molar-refractivity contribution is 5.53. The summed E-state index contributed by atoms with van der Waals surface area (Å²) in [4.78, 5) is 4.18. The van der Waals surface area contributed by atoms with Crippen LogP contribution < -0.4 is 0 Å². The minimum atomic E-state index is -0.780. The zero-order chi connectivity index (χ0) is 11.5. The van der Waals surface area contributed by atoms with Crippen LogP contribution >= 0.6 is 0 Å². The van der Waals surface area contributed by atoms with Gasteiger partial charge in [0.2, 0.25) is 0 Å². The van der Waals surface area contributed by atoms with E-state index in [9.17, 15) is 5.11 Å². The highest BCUT2D eigenvalue weighted by Gasteiger charge is 2.47. The molecule has 2 aliphatic rings. The van der Waals surface area contributed by atoms with Crippen LogP contribution in [0.15, 0.2) is 42.7 Å². The number of nitrogens with zero attached hydrogens (tertiary/aromatic N) is 1. The fourth-order valence-corrected chi connectivity index (χ4v) is 3.50. The molecule has 4 rings (SSSR count). The predicted molar refractivity (Wildman–Crippen MR) is 64.7 cm³/mol. The molecule has 0 saturated carbocycles. The first-order chi connectivity index (χ1) is 8.29. The summed E-state index contributed by atoms with van der Waals surface area (Å²) < 4.78 is 0. The third kappa shape index (κ3) is 1.06. The molecule has 2 heteroatoms. The minimum Gasteiger partial charge on any atom is -0.380 e. The van der Waals surface area contributed by atoms with Gasteiger partial charge in [0.05, 0.1) is 0 Å². The Labute approximate surface area is 100.0 Å². The third-order valence-electron chi connectivity index (χ3n) is 4.20. The topological polar surface area (TPSA) is 33.1 Å². The lowest BCUT2D eigenvalue weighted by Gasteiger charge is -2.31. The van der Waals surface area contributed by atoms with Crippen molar-refractivity contribution in [1.29, 1.82) is 0 Å². The van der Waals surface area contributed by atoms with Crippen molar-refractivity contribution in [3.05, 3.63) is 65.0 Å². The molecule has 0 aliphatic heterocycles. The first kappa shape index (κ1) is 9.37. The van der Waals surface area contributed by atoms with Crippen LogP contribution in [0, 0.1) is 0 Å². The number of benzene rings is 1. The van der Waals surface area contributed by atoms with Crippen LogP contribution in [-0.2, 0) is 12.0 Å². The number of hydrogen-bond acceptors (Lipinski definition) is 2. The van der Waals surface area contributed by atoms with Crippen LogP contribution in [0.1, 0.15) is 34.6 Å². The zero-order valence-electron chi connectivity index (χ0n) is 9.43. The Bertz CT molecular complexity index is 594. The molecule has 2 atom stereocenters. The average Bonchev–Trinajstić information content (AvgIpc) is 2.61. The molecule has 17 heavy (non-hydrogen) atoms. The lowest BCUT2D eigenvalue weighted by atomic mass is 9.79. The smallest absolute Gasteiger partial charge is 0.116 e. The van der Waals surface area contributed by atoms with E-state index in [1.165, 1.54) is 11.1 Å². The van der Waals surface area contributed by atoms with Gasteiger partial charge in [-0.2, -0.15) is 0 Å². The van der Waals surface area contributed by atoms with Crippen LogP contribution in [0.5, 0.6) is 0 Å². The summed E-state index contributed by atoms with van der Waals surface area (Å²) >= 11 is 0. The minimum absolute atomic E-state index is 0.452. The fraction of sp³-hybridized carbons (Fsp3) is 0.267. The Kier molecular flexibility index (Phi) is 1.63. The van der Waals surface area contributed by atoms with Gasteiger partial charge in [0.1, 0.15) is 5.60 Å². The van der Waals surface area contributed by atoms with E-state index in [1.54, 1.807) is 6.20 Å². The lowest BCUT2D eigenvalue weighted by molar-refractivity contribution is 0.0699. The highest BCUT2D eigenvalue weighted by Crippen LogP contribution is 2.53. The summed E-state index contributed by atoms with van der Waals surface area (Å²) in [6.07, 6.45) is 5.50. The molecule has 84 valence electrons. The molecule has 2 nitrogen and oxygen atoms in total. The first-order valence-electron chi connectivity index (χ1n) is 6.04. The van der Waals surface area contributed by atoms with Crippen LogP contribution in [-0.4, -0.2) is 10.1 Å². The molecule has 2 aromatic rings. The van der Waals surface area contributed by atoms with E-state index in [2.05, 4.69) is 23.2 Å². The average molecular weight is 223 g/mol. The lowest BCUT2D eigenvalue weighted by Crippen LogP contribution is -2.29. The molecule has 0 saturated heterocycles. The van der Waals surface area contributed by atoms with E-state index in [0.29, 0.717) is 5.92 Å². The molecule has 0 fully saturated rings. The number of rotatable bonds is 0. The summed E-state index contributed by atoms with van der Waals surface area (Å²) in [6, 6.07) is 10.2. The second-order valence-electron chi connectivity index (χ2n) is 5.09. The maximum Gasteiger partial charge on any atom is 0.116 e. The zero-order valence-corrected chi connectivity index (χ0v) is 9.43. The van der Waals surface area contributed by atoms with Crippen LogP contribution in [0.2, 0.25) is 0 Å². The van der Waals surface area contributed by atoms with Gasteiger partial charge in [0.15, 0.2) is 0 Å². The molecule has 1 N–H and O–H groups in total. The number of fused-ring (bicyclic) bond motifs is 7. The van der Waals surface area contributed by atoms with E-state index in [4.69, 9.17) is 0 Å². The van der Waals surface area contributed by atoms with Gasteiger partial charge in [0, 0.05) is 12.4 Å². The molecule has 0 amide bonds. The maximum atomic E-state index is 11.0. The fourth-order valence-electron chi connectivity index (χ4n) is 3.50. The molecule has 2 aliphatic carbocycles. The van der Waals surface area contributed by atoms with E-state index in [-0.39, 0.29) is 0 Å². The van der Waals surface area contributed by atoms with Crippen LogP contribution in [0.3, 0.4) is 0 Å². The normalized spacial score (nSPS) is 28.6. The molecular formula is C15H13NO. The van der Waals surface area contributed by atoms with Gasteiger partial charge in [-0.1, -0.05) is 24.3 Å². The van der Waals surface area contributed by atoms with Crippen molar-refractivity contribution < 1.29 is 5.11 Å². The molecule has 0 spiro atoms. The van der Waals surface area contributed by atoms with E-state index >= 15 is 0 Å². The Morgan fingerprint density at radius 1 is 1.18 bits per heavy atom. The number of hydrogen-bond donors (Lipinski definition) is 1. The molecule has 1 aromatic carbocycles. The summed E-state index contributed by atoms with van der Waals surface area (Å²) in [5.74, 6) is 0.452. The molecule has 2 bridgehead atoms. The van der Waals surface area contributed by atoms with Gasteiger partial charge in [0.25, 0.3) is 0 Å². The molecule has 0 radical (unpaired) electrons. The van der Waals surface area contributed by atoms with Crippen molar-refractivity contribution in [2.75, 3.05) is 0 Å². The molecule has 2 unspecified atom stereocenters. The van der Waals surface area contributed by atoms with Crippen LogP contribution in [0.25, 0.3) is 0 Å².